The second kappa shape index (κ2) is 11.3. The lowest BCUT2D eigenvalue weighted by Crippen LogP contribution is -2.48. The smallest absolute Gasteiger partial charge is 0.243 e. The van der Waals surface area contributed by atoms with Crippen LogP contribution in [0.2, 0.25) is 0 Å². The SMILES string of the molecule is CCC(C)NC(=NCC(=O)N(C)C)NC1CCN(c2ccccc2)C1.I. The summed E-state index contributed by atoms with van der Waals surface area (Å²) in [6, 6.07) is 11.1. The van der Waals surface area contributed by atoms with Crippen molar-refractivity contribution >= 4 is 41.5 Å². The largest absolute Gasteiger partial charge is 0.369 e. The molecule has 0 aromatic heterocycles. The number of amides is 1. The molecule has 26 heavy (non-hydrogen) atoms. The highest BCUT2D eigenvalue weighted by Crippen LogP contribution is 2.19. The molecule has 1 fully saturated rings. The number of anilines is 1. The van der Waals surface area contributed by atoms with E-state index in [1.807, 2.05) is 6.07 Å². The van der Waals surface area contributed by atoms with E-state index in [1.54, 1.807) is 19.0 Å². The number of hydrogen-bond donors (Lipinski definition) is 2. The van der Waals surface area contributed by atoms with Crippen molar-refractivity contribution < 1.29 is 4.79 Å². The summed E-state index contributed by atoms with van der Waals surface area (Å²) in [6.07, 6.45) is 2.06. The van der Waals surface area contributed by atoms with Gasteiger partial charge in [0, 0.05) is 45.0 Å². The molecule has 1 aromatic rings. The van der Waals surface area contributed by atoms with E-state index in [-0.39, 0.29) is 36.4 Å². The fraction of sp³-hybridized carbons (Fsp3) is 0.579. The van der Waals surface area contributed by atoms with Gasteiger partial charge in [-0.1, -0.05) is 25.1 Å². The third-order valence-electron chi connectivity index (χ3n) is 4.52. The number of carbonyl (C=O) groups excluding carboxylic acids is 1. The molecule has 1 aliphatic heterocycles. The van der Waals surface area contributed by atoms with Crippen molar-refractivity contribution in [1.29, 1.82) is 0 Å². The van der Waals surface area contributed by atoms with E-state index in [0.717, 1.165) is 31.9 Å². The minimum atomic E-state index is 0. The molecule has 2 rings (SSSR count). The second-order valence-electron chi connectivity index (χ2n) is 6.82. The Morgan fingerprint density at radius 1 is 1.35 bits per heavy atom. The molecule has 0 radical (unpaired) electrons. The van der Waals surface area contributed by atoms with Crippen LogP contribution in [0.5, 0.6) is 0 Å². The van der Waals surface area contributed by atoms with Crippen LogP contribution in [0, 0.1) is 0 Å². The quantitative estimate of drug-likeness (QED) is 0.378. The molecule has 1 aromatic carbocycles. The average Bonchev–Trinajstić information content (AvgIpc) is 3.08. The van der Waals surface area contributed by atoms with Crippen molar-refractivity contribution in [2.75, 3.05) is 38.6 Å². The second-order valence-corrected chi connectivity index (χ2v) is 6.82. The van der Waals surface area contributed by atoms with Crippen molar-refractivity contribution in [3.8, 4) is 0 Å². The lowest BCUT2D eigenvalue weighted by molar-refractivity contribution is -0.127. The number of halogens is 1. The maximum atomic E-state index is 11.8. The van der Waals surface area contributed by atoms with Gasteiger partial charge in [0.25, 0.3) is 0 Å². The van der Waals surface area contributed by atoms with E-state index in [4.69, 9.17) is 0 Å². The van der Waals surface area contributed by atoms with Gasteiger partial charge in [-0.05, 0) is 31.9 Å². The number of hydrogen-bond acceptors (Lipinski definition) is 3. The van der Waals surface area contributed by atoms with E-state index in [2.05, 4.69) is 58.6 Å². The molecule has 2 unspecified atom stereocenters. The fourth-order valence-electron chi connectivity index (χ4n) is 2.70. The van der Waals surface area contributed by atoms with Gasteiger partial charge in [-0.25, -0.2) is 4.99 Å². The molecule has 0 saturated carbocycles. The zero-order chi connectivity index (χ0) is 18.2. The van der Waals surface area contributed by atoms with E-state index in [9.17, 15) is 4.79 Å². The Morgan fingerprint density at radius 3 is 2.65 bits per heavy atom. The molecule has 6 nitrogen and oxygen atoms in total. The van der Waals surface area contributed by atoms with Crippen molar-refractivity contribution in [2.45, 2.75) is 38.8 Å². The summed E-state index contributed by atoms with van der Waals surface area (Å²) in [5.74, 6) is 0.729. The third kappa shape index (κ3) is 7.01. The topological polar surface area (TPSA) is 60.0 Å². The molecule has 0 aliphatic carbocycles. The monoisotopic (exact) mass is 473 g/mol. The zero-order valence-electron chi connectivity index (χ0n) is 16.2. The van der Waals surface area contributed by atoms with Crippen molar-refractivity contribution in [1.82, 2.24) is 15.5 Å². The van der Waals surface area contributed by atoms with Gasteiger partial charge in [0.05, 0.1) is 0 Å². The summed E-state index contributed by atoms with van der Waals surface area (Å²) in [6.45, 7) is 6.37. The highest BCUT2D eigenvalue weighted by molar-refractivity contribution is 14.0. The van der Waals surface area contributed by atoms with Crippen LogP contribution in [0.15, 0.2) is 35.3 Å². The van der Waals surface area contributed by atoms with Crippen LogP contribution < -0.4 is 15.5 Å². The molecule has 146 valence electrons. The standard InChI is InChI=1S/C19H31N5O.HI/c1-5-15(2)21-19(20-13-18(25)23(3)4)22-16-11-12-24(14-16)17-9-7-6-8-10-17;/h6-10,15-16H,5,11-14H2,1-4H3,(H2,20,21,22);1H. The van der Waals surface area contributed by atoms with E-state index in [0.29, 0.717) is 12.1 Å². The predicted molar refractivity (Wildman–Crippen MR) is 119 cm³/mol. The van der Waals surface area contributed by atoms with Crippen LogP contribution in [-0.2, 0) is 4.79 Å². The Bertz CT molecular complexity index is 579. The van der Waals surface area contributed by atoms with Gasteiger partial charge < -0.3 is 20.4 Å². The minimum absolute atomic E-state index is 0. The molecular formula is C19H32IN5O. The van der Waals surface area contributed by atoms with Gasteiger partial charge in [-0.15, -0.1) is 24.0 Å². The number of nitrogens with one attached hydrogen (secondary N) is 2. The first-order valence-electron chi connectivity index (χ1n) is 9.07. The summed E-state index contributed by atoms with van der Waals surface area (Å²) < 4.78 is 0. The third-order valence-corrected chi connectivity index (χ3v) is 4.52. The first-order chi connectivity index (χ1) is 12.0. The van der Waals surface area contributed by atoms with E-state index in [1.165, 1.54) is 5.69 Å². The molecule has 1 saturated heterocycles. The number of nitrogens with zero attached hydrogens (tertiary/aromatic N) is 3. The van der Waals surface area contributed by atoms with Crippen LogP contribution in [0.3, 0.4) is 0 Å². The Balaban J connectivity index is 0.00000338. The Morgan fingerprint density at radius 2 is 2.04 bits per heavy atom. The average molecular weight is 473 g/mol. The van der Waals surface area contributed by atoms with Gasteiger partial charge >= 0.3 is 0 Å². The first kappa shape index (κ1) is 22.5. The van der Waals surface area contributed by atoms with Crippen molar-refractivity contribution in [3.63, 3.8) is 0 Å². The summed E-state index contributed by atoms with van der Waals surface area (Å²) in [5, 5.41) is 6.89. The van der Waals surface area contributed by atoms with E-state index >= 15 is 0 Å². The molecular weight excluding hydrogens is 441 g/mol. The number of likely N-dealkylation sites (N-methyl/N-ethyl adjacent to an activating group) is 1. The number of guanidine groups is 1. The molecule has 1 heterocycles. The Hall–Kier alpha value is -1.51. The van der Waals surface area contributed by atoms with Gasteiger partial charge in [-0.3, -0.25) is 4.79 Å². The molecule has 1 aliphatic rings. The molecule has 2 N–H and O–H groups in total. The van der Waals surface area contributed by atoms with Crippen molar-refractivity contribution in [2.24, 2.45) is 4.99 Å². The molecule has 7 heteroatoms. The van der Waals surface area contributed by atoms with Gasteiger partial charge in [-0.2, -0.15) is 0 Å². The Kier molecular flexibility index (Phi) is 9.75. The Labute approximate surface area is 174 Å². The minimum Gasteiger partial charge on any atom is -0.369 e. The summed E-state index contributed by atoms with van der Waals surface area (Å²) in [7, 11) is 3.50. The normalized spacial score (nSPS) is 18.1. The van der Waals surface area contributed by atoms with Gasteiger partial charge in [0.2, 0.25) is 5.91 Å². The fourth-order valence-corrected chi connectivity index (χ4v) is 2.70. The number of aliphatic imine (C=N–C) groups is 1. The van der Waals surface area contributed by atoms with Crippen LogP contribution in [0.4, 0.5) is 5.69 Å². The van der Waals surface area contributed by atoms with Gasteiger partial charge in [0.1, 0.15) is 6.54 Å². The van der Waals surface area contributed by atoms with E-state index < -0.39 is 0 Å². The number of carbonyl (C=O) groups is 1. The molecule has 1 amide bonds. The summed E-state index contributed by atoms with van der Waals surface area (Å²) in [5.41, 5.74) is 1.25. The van der Waals surface area contributed by atoms with Gasteiger partial charge in [0.15, 0.2) is 5.96 Å². The van der Waals surface area contributed by atoms with Crippen LogP contribution in [0.25, 0.3) is 0 Å². The summed E-state index contributed by atoms with van der Waals surface area (Å²) >= 11 is 0. The predicted octanol–water partition coefficient (Wildman–Crippen LogP) is 2.31. The van der Waals surface area contributed by atoms with Crippen LogP contribution in [0.1, 0.15) is 26.7 Å². The van der Waals surface area contributed by atoms with Crippen LogP contribution >= 0.6 is 24.0 Å². The summed E-state index contributed by atoms with van der Waals surface area (Å²) in [4.78, 5) is 20.3. The number of benzene rings is 1. The first-order valence-corrected chi connectivity index (χ1v) is 9.07. The van der Waals surface area contributed by atoms with Crippen molar-refractivity contribution in [3.05, 3.63) is 30.3 Å². The lowest BCUT2D eigenvalue weighted by atomic mass is 10.2. The highest BCUT2D eigenvalue weighted by Gasteiger charge is 2.23. The maximum absolute atomic E-state index is 11.8. The lowest BCUT2D eigenvalue weighted by Gasteiger charge is -2.22. The maximum Gasteiger partial charge on any atom is 0.243 e. The number of rotatable bonds is 6. The molecule has 2 atom stereocenters. The zero-order valence-corrected chi connectivity index (χ0v) is 18.6. The van der Waals surface area contributed by atoms with Crippen LogP contribution in [-0.4, -0.2) is 62.6 Å². The molecule has 0 spiro atoms. The molecule has 0 bridgehead atoms. The highest BCUT2D eigenvalue weighted by atomic mass is 127. The number of para-hydroxylation sites is 1.